The molecule has 1 aliphatic rings. The minimum absolute atomic E-state index is 0.113. The van der Waals surface area contributed by atoms with Gasteiger partial charge in [-0.05, 0) is 35.4 Å². The van der Waals surface area contributed by atoms with Crippen LogP contribution in [0.4, 0.5) is 15.8 Å². The molecule has 0 aliphatic carbocycles. The van der Waals surface area contributed by atoms with Gasteiger partial charge in [0.15, 0.2) is 0 Å². The van der Waals surface area contributed by atoms with Crippen LogP contribution in [0.1, 0.15) is 21.5 Å². The van der Waals surface area contributed by atoms with Crippen molar-refractivity contribution < 1.29 is 24.0 Å². The Labute approximate surface area is 194 Å². The van der Waals surface area contributed by atoms with E-state index >= 15 is 0 Å². The summed E-state index contributed by atoms with van der Waals surface area (Å²) in [6.07, 6.45) is 3.35. The molecule has 1 heterocycles. The molecule has 0 spiro atoms. The van der Waals surface area contributed by atoms with Gasteiger partial charge in [0.05, 0.1) is 17.0 Å². The number of carbonyl (C=O) groups excluding carboxylic acids is 1. The Bertz CT molecular complexity index is 1260. The first-order chi connectivity index (χ1) is 16.3. The van der Waals surface area contributed by atoms with E-state index in [1.807, 2.05) is 30.3 Å². The first-order valence-corrected chi connectivity index (χ1v) is 10.4. The van der Waals surface area contributed by atoms with Gasteiger partial charge in [-0.3, -0.25) is 14.9 Å². The molecule has 1 atom stereocenters. The van der Waals surface area contributed by atoms with Crippen molar-refractivity contribution in [3.63, 3.8) is 0 Å². The van der Waals surface area contributed by atoms with Crippen molar-refractivity contribution >= 4 is 23.3 Å². The summed E-state index contributed by atoms with van der Waals surface area (Å²) >= 11 is 0. The lowest BCUT2D eigenvalue weighted by atomic mass is 10.0. The molecule has 34 heavy (non-hydrogen) atoms. The molecule has 4 rings (SSSR count). The summed E-state index contributed by atoms with van der Waals surface area (Å²) in [4.78, 5) is 38.9. The fourth-order valence-corrected chi connectivity index (χ4v) is 3.85. The number of nitrogens with zero attached hydrogens (tertiary/aromatic N) is 3. The standard InChI is InChI=1S/C25H20FN3O5/c26-20-9-6-18(7-10-20)16-27-12-13-28(23(24(27)30)14-17-4-2-1-3-5-17)21-11-8-19(25(31)32)15-22(21)29(33)34/h1-13,15,23H,14,16H2,(H,31,32)/t23-/m0/s1. The molecule has 8 nitrogen and oxygen atoms in total. The van der Waals surface area contributed by atoms with E-state index < -0.39 is 22.6 Å². The van der Waals surface area contributed by atoms with Crippen LogP contribution < -0.4 is 4.90 Å². The Hall–Kier alpha value is -4.53. The largest absolute Gasteiger partial charge is 0.478 e. The topological polar surface area (TPSA) is 104 Å². The lowest BCUT2D eigenvalue weighted by Gasteiger charge is -2.37. The van der Waals surface area contributed by atoms with Gasteiger partial charge in [0.2, 0.25) is 5.91 Å². The van der Waals surface area contributed by atoms with Crippen LogP contribution in [-0.2, 0) is 17.8 Å². The van der Waals surface area contributed by atoms with Crippen LogP contribution in [-0.4, -0.2) is 32.8 Å². The number of carboxylic acids is 1. The third kappa shape index (κ3) is 4.78. The molecule has 0 aromatic heterocycles. The van der Waals surface area contributed by atoms with Gasteiger partial charge in [0.1, 0.15) is 17.5 Å². The van der Waals surface area contributed by atoms with E-state index in [4.69, 9.17) is 0 Å². The maximum Gasteiger partial charge on any atom is 0.335 e. The zero-order chi connectivity index (χ0) is 24.2. The number of amides is 1. The molecule has 9 heteroatoms. The van der Waals surface area contributed by atoms with Crippen molar-refractivity contribution in [3.8, 4) is 0 Å². The number of hydrogen-bond acceptors (Lipinski definition) is 5. The summed E-state index contributed by atoms with van der Waals surface area (Å²) in [7, 11) is 0. The smallest absolute Gasteiger partial charge is 0.335 e. The van der Waals surface area contributed by atoms with Crippen molar-refractivity contribution in [1.29, 1.82) is 0 Å². The molecule has 3 aromatic carbocycles. The van der Waals surface area contributed by atoms with E-state index in [0.717, 1.165) is 17.2 Å². The van der Waals surface area contributed by atoms with Gasteiger partial charge in [-0.1, -0.05) is 42.5 Å². The molecule has 0 saturated heterocycles. The molecule has 1 N–H and O–H groups in total. The molecule has 1 amide bonds. The zero-order valence-corrected chi connectivity index (χ0v) is 17.9. The van der Waals surface area contributed by atoms with Gasteiger partial charge in [-0.2, -0.15) is 0 Å². The minimum Gasteiger partial charge on any atom is -0.478 e. The molecule has 0 radical (unpaired) electrons. The van der Waals surface area contributed by atoms with Crippen LogP contribution in [0.25, 0.3) is 0 Å². The van der Waals surface area contributed by atoms with Gasteiger partial charge in [-0.15, -0.1) is 0 Å². The van der Waals surface area contributed by atoms with E-state index in [9.17, 15) is 29.2 Å². The Kier molecular flexibility index (Phi) is 6.35. The molecule has 0 bridgehead atoms. The van der Waals surface area contributed by atoms with E-state index in [2.05, 4.69) is 0 Å². The molecule has 0 saturated carbocycles. The van der Waals surface area contributed by atoms with Crippen LogP contribution in [0.3, 0.4) is 0 Å². The molecule has 0 unspecified atom stereocenters. The second-order valence-corrected chi connectivity index (χ2v) is 7.77. The van der Waals surface area contributed by atoms with Gasteiger partial charge in [-0.25, -0.2) is 9.18 Å². The lowest BCUT2D eigenvalue weighted by Crippen LogP contribution is -2.49. The van der Waals surface area contributed by atoms with Crippen LogP contribution >= 0.6 is 0 Å². The van der Waals surface area contributed by atoms with Crippen molar-refractivity contribution in [1.82, 2.24) is 4.90 Å². The summed E-state index contributed by atoms with van der Waals surface area (Å²) in [5, 5.41) is 21.0. The van der Waals surface area contributed by atoms with Crippen LogP contribution in [0, 0.1) is 15.9 Å². The number of benzene rings is 3. The number of carbonyl (C=O) groups is 2. The van der Waals surface area contributed by atoms with Crippen LogP contribution in [0.2, 0.25) is 0 Å². The van der Waals surface area contributed by atoms with Gasteiger partial charge < -0.3 is 14.9 Å². The molecule has 0 fully saturated rings. The average molecular weight is 461 g/mol. The third-order valence-corrected chi connectivity index (χ3v) is 5.55. The second kappa shape index (κ2) is 9.53. The second-order valence-electron chi connectivity index (χ2n) is 7.77. The number of halogens is 1. The Morgan fingerprint density at radius 1 is 1.00 bits per heavy atom. The summed E-state index contributed by atoms with van der Waals surface area (Å²) < 4.78 is 13.3. The Balaban J connectivity index is 1.74. The Morgan fingerprint density at radius 2 is 1.71 bits per heavy atom. The highest BCUT2D eigenvalue weighted by molar-refractivity contribution is 5.92. The molecule has 172 valence electrons. The predicted molar refractivity (Wildman–Crippen MR) is 123 cm³/mol. The maximum atomic E-state index is 13.5. The zero-order valence-electron chi connectivity index (χ0n) is 17.9. The van der Waals surface area contributed by atoms with Crippen molar-refractivity contribution in [2.75, 3.05) is 4.90 Å². The van der Waals surface area contributed by atoms with Crippen LogP contribution in [0.5, 0.6) is 0 Å². The van der Waals surface area contributed by atoms with Crippen molar-refractivity contribution in [2.24, 2.45) is 0 Å². The average Bonchev–Trinajstić information content (AvgIpc) is 2.83. The number of hydrogen-bond donors (Lipinski definition) is 1. The van der Waals surface area contributed by atoms with Crippen molar-refractivity contribution in [2.45, 2.75) is 19.0 Å². The Morgan fingerprint density at radius 3 is 2.35 bits per heavy atom. The third-order valence-electron chi connectivity index (χ3n) is 5.55. The number of rotatable bonds is 7. The van der Waals surface area contributed by atoms with Gasteiger partial charge in [0, 0.05) is 24.9 Å². The molecular formula is C25H20FN3O5. The highest BCUT2D eigenvalue weighted by atomic mass is 19.1. The fraction of sp³-hybridized carbons (Fsp3) is 0.120. The van der Waals surface area contributed by atoms with Gasteiger partial charge >= 0.3 is 5.97 Å². The van der Waals surface area contributed by atoms with Gasteiger partial charge in [0.25, 0.3) is 5.69 Å². The van der Waals surface area contributed by atoms with E-state index in [1.165, 1.54) is 40.3 Å². The summed E-state index contributed by atoms with van der Waals surface area (Å²) in [6.45, 7) is 0.203. The number of anilines is 1. The van der Waals surface area contributed by atoms with E-state index in [0.29, 0.717) is 0 Å². The molecule has 1 aliphatic heterocycles. The first-order valence-electron chi connectivity index (χ1n) is 10.4. The van der Waals surface area contributed by atoms with Crippen LogP contribution in [0.15, 0.2) is 85.2 Å². The number of nitro benzene ring substituents is 1. The summed E-state index contributed by atoms with van der Waals surface area (Å²) in [5.41, 5.74) is 1.06. The number of nitro groups is 1. The molecular weight excluding hydrogens is 441 g/mol. The molecule has 3 aromatic rings. The SMILES string of the molecule is O=C(O)c1ccc(N2C=CN(Cc3ccc(F)cc3)C(=O)[C@@H]2Cc2ccccc2)c([N+](=O)[O-])c1. The fourth-order valence-electron chi connectivity index (χ4n) is 3.85. The maximum absolute atomic E-state index is 13.5. The summed E-state index contributed by atoms with van der Waals surface area (Å²) in [6, 6.07) is 17.8. The number of aromatic carboxylic acids is 1. The normalized spacial score (nSPS) is 15.4. The van der Waals surface area contributed by atoms with E-state index in [-0.39, 0.29) is 35.9 Å². The predicted octanol–water partition coefficient (Wildman–Crippen LogP) is 4.36. The summed E-state index contributed by atoms with van der Waals surface area (Å²) in [5.74, 6) is -1.96. The lowest BCUT2D eigenvalue weighted by molar-refractivity contribution is -0.384. The minimum atomic E-state index is -1.29. The highest BCUT2D eigenvalue weighted by Gasteiger charge is 2.35. The van der Waals surface area contributed by atoms with Crippen molar-refractivity contribution in [3.05, 3.63) is 118 Å². The monoisotopic (exact) mass is 461 g/mol. The highest BCUT2D eigenvalue weighted by Crippen LogP contribution is 2.34. The quantitative estimate of drug-likeness (QED) is 0.414. The van der Waals surface area contributed by atoms with E-state index in [1.54, 1.807) is 18.3 Å². The first kappa shape index (κ1) is 22.7. The number of carboxylic acid groups (broad SMARTS) is 1.